The van der Waals surface area contributed by atoms with Gasteiger partial charge in [-0.25, -0.2) is 9.98 Å². The second-order valence-corrected chi connectivity index (χ2v) is 6.01. The summed E-state index contributed by atoms with van der Waals surface area (Å²) in [5, 5.41) is 7.25. The van der Waals surface area contributed by atoms with E-state index in [4.69, 9.17) is 0 Å². The number of carbonyl (C=O) groups excluding carboxylic acids is 1. The molecular weight excluding hydrogens is 413 g/mol. The standard InChI is InChI=1S/C14H23N5OS.HI/c1-6-7-15-14(17-9-13(20)19(4)5)16-8-12-18-10(2)11(3)21-12;/h6H,1,7-9H2,2-5H3,(H2,15,16,17);1H. The number of hydrogen-bond acceptors (Lipinski definition) is 4. The summed E-state index contributed by atoms with van der Waals surface area (Å²) in [6, 6.07) is 0. The van der Waals surface area contributed by atoms with Crippen molar-refractivity contribution in [2.45, 2.75) is 20.4 Å². The maximum Gasteiger partial charge on any atom is 0.243 e. The molecule has 22 heavy (non-hydrogen) atoms. The second kappa shape index (κ2) is 10.5. The molecule has 2 N–H and O–H groups in total. The monoisotopic (exact) mass is 437 g/mol. The minimum absolute atomic E-state index is 0. The first-order chi connectivity index (χ1) is 9.93. The largest absolute Gasteiger partial charge is 0.353 e. The van der Waals surface area contributed by atoms with E-state index in [0.717, 1.165) is 10.7 Å². The SMILES string of the molecule is C=CCNC(=NCC(=O)N(C)C)NCc1nc(C)c(C)s1.I. The molecule has 124 valence electrons. The fourth-order valence-corrected chi connectivity index (χ4v) is 2.28. The van der Waals surface area contributed by atoms with Crippen LogP contribution in [0.15, 0.2) is 17.6 Å². The van der Waals surface area contributed by atoms with Crippen molar-refractivity contribution in [1.29, 1.82) is 0 Å². The van der Waals surface area contributed by atoms with Gasteiger partial charge >= 0.3 is 0 Å². The Balaban J connectivity index is 0.00000441. The van der Waals surface area contributed by atoms with Gasteiger partial charge in [0.15, 0.2) is 5.96 Å². The maximum atomic E-state index is 11.6. The molecule has 0 saturated carbocycles. The van der Waals surface area contributed by atoms with Crippen LogP contribution in [-0.4, -0.2) is 48.9 Å². The number of rotatable bonds is 6. The lowest BCUT2D eigenvalue weighted by atomic mass is 10.4. The third kappa shape index (κ3) is 7.21. The topological polar surface area (TPSA) is 69.6 Å². The van der Waals surface area contributed by atoms with Gasteiger partial charge in [0.05, 0.1) is 12.2 Å². The van der Waals surface area contributed by atoms with Crippen molar-refractivity contribution in [3.05, 3.63) is 28.2 Å². The smallest absolute Gasteiger partial charge is 0.243 e. The average Bonchev–Trinajstić information content (AvgIpc) is 2.76. The van der Waals surface area contributed by atoms with E-state index in [1.807, 2.05) is 6.92 Å². The summed E-state index contributed by atoms with van der Waals surface area (Å²) in [4.78, 5) is 23.0. The molecule has 1 amide bonds. The summed E-state index contributed by atoms with van der Waals surface area (Å²) < 4.78 is 0. The first kappa shape index (κ1) is 20.8. The number of carbonyl (C=O) groups is 1. The van der Waals surface area contributed by atoms with Crippen LogP contribution in [0.5, 0.6) is 0 Å². The number of thiazole rings is 1. The summed E-state index contributed by atoms with van der Waals surface area (Å²) in [7, 11) is 3.42. The first-order valence-electron chi connectivity index (χ1n) is 6.70. The van der Waals surface area contributed by atoms with Crippen LogP contribution in [0.4, 0.5) is 0 Å². The van der Waals surface area contributed by atoms with Crippen molar-refractivity contribution < 1.29 is 4.79 Å². The van der Waals surface area contributed by atoms with E-state index >= 15 is 0 Å². The predicted octanol–water partition coefficient (Wildman–Crippen LogP) is 1.69. The Kier molecular flexibility index (Phi) is 9.99. The second-order valence-electron chi connectivity index (χ2n) is 4.73. The van der Waals surface area contributed by atoms with E-state index in [-0.39, 0.29) is 36.4 Å². The number of guanidine groups is 1. The molecule has 0 fully saturated rings. The molecule has 0 atom stereocenters. The summed E-state index contributed by atoms with van der Waals surface area (Å²) in [6.07, 6.45) is 1.74. The number of amides is 1. The molecule has 1 rings (SSSR count). The fraction of sp³-hybridized carbons (Fsp3) is 0.500. The van der Waals surface area contributed by atoms with E-state index in [0.29, 0.717) is 19.0 Å². The summed E-state index contributed by atoms with van der Waals surface area (Å²) in [5.74, 6) is 0.534. The molecule has 0 unspecified atom stereocenters. The summed E-state index contributed by atoms with van der Waals surface area (Å²) in [6.45, 7) is 8.98. The van der Waals surface area contributed by atoms with Crippen molar-refractivity contribution in [3.8, 4) is 0 Å². The third-order valence-corrected chi connectivity index (χ3v) is 3.84. The van der Waals surface area contributed by atoms with Crippen LogP contribution in [0.1, 0.15) is 15.6 Å². The molecule has 0 aliphatic rings. The van der Waals surface area contributed by atoms with Crippen LogP contribution < -0.4 is 10.6 Å². The molecule has 0 aliphatic heterocycles. The molecule has 8 heteroatoms. The Labute approximate surface area is 153 Å². The third-order valence-electron chi connectivity index (χ3n) is 2.76. The lowest BCUT2D eigenvalue weighted by Crippen LogP contribution is -2.38. The molecule has 0 saturated heterocycles. The number of aliphatic imine (C=N–C) groups is 1. The zero-order chi connectivity index (χ0) is 15.8. The number of nitrogens with zero attached hydrogens (tertiary/aromatic N) is 3. The molecule has 1 heterocycles. The van der Waals surface area contributed by atoms with Crippen molar-refractivity contribution in [2.24, 2.45) is 4.99 Å². The van der Waals surface area contributed by atoms with Gasteiger partial charge in [0.25, 0.3) is 0 Å². The maximum absolute atomic E-state index is 11.6. The lowest BCUT2D eigenvalue weighted by Gasteiger charge is -2.12. The van der Waals surface area contributed by atoms with Crippen molar-refractivity contribution in [2.75, 3.05) is 27.2 Å². The van der Waals surface area contributed by atoms with Crippen LogP contribution in [-0.2, 0) is 11.3 Å². The van der Waals surface area contributed by atoms with Crippen LogP contribution in [0.25, 0.3) is 0 Å². The number of likely N-dealkylation sites (N-methyl/N-ethyl adjacent to an activating group) is 1. The van der Waals surface area contributed by atoms with Crippen molar-refractivity contribution in [1.82, 2.24) is 20.5 Å². The number of hydrogen-bond donors (Lipinski definition) is 2. The minimum Gasteiger partial charge on any atom is -0.353 e. The molecule has 0 bridgehead atoms. The molecule has 0 aliphatic carbocycles. The Bertz CT molecular complexity index is 508. The first-order valence-corrected chi connectivity index (χ1v) is 7.51. The van der Waals surface area contributed by atoms with Crippen LogP contribution >= 0.6 is 35.3 Å². The number of halogens is 1. The molecule has 1 aromatic heterocycles. The Hall–Kier alpha value is -1.16. The van der Waals surface area contributed by atoms with Gasteiger partial charge in [-0.2, -0.15) is 0 Å². The molecular formula is C14H24IN5OS. The van der Waals surface area contributed by atoms with Gasteiger partial charge in [0.1, 0.15) is 11.6 Å². The Morgan fingerprint density at radius 2 is 2.09 bits per heavy atom. The quantitative estimate of drug-likeness (QED) is 0.308. The summed E-state index contributed by atoms with van der Waals surface area (Å²) in [5.41, 5.74) is 1.05. The number of aryl methyl sites for hydroxylation is 2. The highest BCUT2D eigenvalue weighted by Crippen LogP contribution is 2.15. The molecule has 0 spiro atoms. The zero-order valence-electron chi connectivity index (χ0n) is 13.5. The molecule has 0 aromatic carbocycles. The Morgan fingerprint density at radius 1 is 1.41 bits per heavy atom. The number of nitrogens with one attached hydrogen (secondary N) is 2. The van der Waals surface area contributed by atoms with E-state index < -0.39 is 0 Å². The van der Waals surface area contributed by atoms with Crippen LogP contribution in [0, 0.1) is 13.8 Å². The van der Waals surface area contributed by atoms with Gasteiger partial charge in [0, 0.05) is 25.5 Å². The van der Waals surface area contributed by atoms with Crippen LogP contribution in [0.2, 0.25) is 0 Å². The zero-order valence-corrected chi connectivity index (χ0v) is 16.6. The van der Waals surface area contributed by atoms with Gasteiger partial charge < -0.3 is 15.5 Å². The highest BCUT2D eigenvalue weighted by molar-refractivity contribution is 14.0. The Morgan fingerprint density at radius 3 is 2.59 bits per heavy atom. The molecule has 1 aromatic rings. The van der Waals surface area contributed by atoms with E-state index in [1.165, 1.54) is 9.78 Å². The van der Waals surface area contributed by atoms with Gasteiger partial charge in [-0.05, 0) is 13.8 Å². The highest BCUT2D eigenvalue weighted by Gasteiger charge is 2.06. The highest BCUT2D eigenvalue weighted by atomic mass is 127. The summed E-state index contributed by atoms with van der Waals surface area (Å²) >= 11 is 1.66. The van der Waals surface area contributed by atoms with Gasteiger partial charge in [-0.3, -0.25) is 4.79 Å². The van der Waals surface area contributed by atoms with E-state index in [9.17, 15) is 4.79 Å². The average molecular weight is 437 g/mol. The van der Waals surface area contributed by atoms with Crippen LogP contribution in [0.3, 0.4) is 0 Å². The predicted molar refractivity (Wildman–Crippen MR) is 103 cm³/mol. The van der Waals surface area contributed by atoms with Gasteiger partial charge in [0.2, 0.25) is 5.91 Å². The van der Waals surface area contributed by atoms with E-state index in [2.05, 4.69) is 34.1 Å². The van der Waals surface area contributed by atoms with Crippen molar-refractivity contribution >= 4 is 47.2 Å². The fourth-order valence-electron chi connectivity index (χ4n) is 1.41. The number of aromatic nitrogens is 1. The van der Waals surface area contributed by atoms with Crippen molar-refractivity contribution in [3.63, 3.8) is 0 Å². The molecule has 6 nitrogen and oxygen atoms in total. The lowest BCUT2D eigenvalue weighted by molar-refractivity contribution is -0.127. The van der Waals surface area contributed by atoms with Gasteiger partial charge in [-0.1, -0.05) is 6.08 Å². The van der Waals surface area contributed by atoms with Gasteiger partial charge in [-0.15, -0.1) is 41.9 Å². The minimum atomic E-state index is -0.0457. The molecule has 0 radical (unpaired) electrons. The normalized spacial score (nSPS) is 10.6. The van der Waals surface area contributed by atoms with E-state index in [1.54, 1.807) is 31.5 Å².